The summed E-state index contributed by atoms with van der Waals surface area (Å²) in [6, 6.07) is 3.27. The fourth-order valence-corrected chi connectivity index (χ4v) is 3.37. The molecule has 3 N–H and O–H groups in total. The van der Waals surface area contributed by atoms with E-state index < -0.39 is 0 Å². The summed E-state index contributed by atoms with van der Waals surface area (Å²) in [6.07, 6.45) is 3.14. The number of nitrogens with one attached hydrogen (secondary N) is 3. The Labute approximate surface area is 197 Å². The molecule has 2 heterocycles. The number of rotatable bonds is 8. The molecule has 11 heteroatoms. The summed E-state index contributed by atoms with van der Waals surface area (Å²) in [6.45, 7) is 6.73. The number of nitrogens with zero attached hydrogens (tertiary/aromatic N) is 3. The van der Waals surface area contributed by atoms with Gasteiger partial charge in [0.2, 0.25) is 0 Å². The van der Waals surface area contributed by atoms with E-state index in [-0.39, 0.29) is 41.9 Å². The largest absolute Gasteiger partial charge is 0.462 e. The van der Waals surface area contributed by atoms with Gasteiger partial charge in [-0.1, -0.05) is 0 Å². The Morgan fingerprint density at radius 2 is 2.03 bits per heavy atom. The lowest BCUT2D eigenvalue weighted by Gasteiger charge is -2.16. The van der Waals surface area contributed by atoms with E-state index in [1.54, 1.807) is 39.2 Å². The summed E-state index contributed by atoms with van der Waals surface area (Å²) in [5, 5.41) is 9.94. The third-order valence-corrected chi connectivity index (χ3v) is 5.17. The number of carbonyl (C=O) groups is 2. The number of aliphatic imine (C=N–C) groups is 1. The van der Waals surface area contributed by atoms with E-state index in [9.17, 15) is 9.59 Å². The van der Waals surface area contributed by atoms with E-state index in [0.717, 1.165) is 5.01 Å². The molecule has 0 aliphatic carbocycles. The molecule has 1 amide bonds. The summed E-state index contributed by atoms with van der Waals surface area (Å²) in [5.41, 5.74) is 1.17. The van der Waals surface area contributed by atoms with Gasteiger partial charge >= 0.3 is 5.97 Å². The molecule has 0 aliphatic rings. The number of ether oxygens (including phenoxy) is 1. The van der Waals surface area contributed by atoms with Crippen molar-refractivity contribution < 1.29 is 14.3 Å². The van der Waals surface area contributed by atoms with Crippen molar-refractivity contribution in [2.24, 2.45) is 4.99 Å². The predicted octanol–water partition coefficient (Wildman–Crippen LogP) is 2.30. The third kappa shape index (κ3) is 7.52. The van der Waals surface area contributed by atoms with Gasteiger partial charge < -0.3 is 20.7 Å². The van der Waals surface area contributed by atoms with Gasteiger partial charge in [-0.3, -0.25) is 14.8 Å². The van der Waals surface area contributed by atoms with Crippen molar-refractivity contribution in [3.63, 3.8) is 0 Å². The van der Waals surface area contributed by atoms with E-state index in [2.05, 4.69) is 30.9 Å². The van der Waals surface area contributed by atoms with Gasteiger partial charge in [-0.25, -0.2) is 9.78 Å². The molecule has 0 radical (unpaired) electrons. The molecule has 0 saturated carbocycles. The van der Waals surface area contributed by atoms with Crippen LogP contribution in [-0.2, 0) is 4.74 Å². The lowest BCUT2D eigenvalue weighted by atomic mass is 10.3. The lowest BCUT2D eigenvalue weighted by molar-refractivity contribution is 0.0531. The summed E-state index contributed by atoms with van der Waals surface area (Å²) < 4.78 is 5.06. The second kappa shape index (κ2) is 13.1. The fourth-order valence-electron chi connectivity index (χ4n) is 2.41. The van der Waals surface area contributed by atoms with Gasteiger partial charge in [0.1, 0.15) is 9.88 Å². The maximum atomic E-state index is 12.0. The van der Waals surface area contributed by atoms with E-state index in [1.807, 2.05) is 6.92 Å². The van der Waals surface area contributed by atoms with Crippen LogP contribution in [0.3, 0.4) is 0 Å². The molecule has 2 aromatic heterocycles. The van der Waals surface area contributed by atoms with Gasteiger partial charge in [-0.15, -0.1) is 35.3 Å². The number of pyridine rings is 1. The van der Waals surface area contributed by atoms with Gasteiger partial charge in [-0.05, 0) is 32.9 Å². The highest BCUT2D eigenvalue weighted by molar-refractivity contribution is 14.0. The van der Waals surface area contributed by atoms with E-state index in [4.69, 9.17) is 4.74 Å². The molecular weight excluding hydrogens is 519 g/mol. The van der Waals surface area contributed by atoms with Gasteiger partial charge in [0.05, 0.1) is 23.9 Å². The van der Waals surface area contributed by atoms with Crippen LogP contribution < -0.4 is 16.0 Å². The highest BCUT2D eigenvalue weighted by Gasteiger charge is 2.20. The Morgan fingerprint density at radius 3 is 2.67 bits per heavy atom. The van der Waals surface area contributed by atoms with E-state index in [1.165, 1.54) is 17.5 Å². The van der Waals surface area contributed by atoms with Crippen molar-refractivity contribution in [3.8, 4) is 0 Å². The van der Waals surface area contributed by atoms with Gasteiger partial charge in [0.25, 0.3) is 5.91 Å². The lowest BCUT2D eigenvalue weighted by Crippen LogP contribution is -2.42. The minimum Gasteiger partial charge on any atom is -0.462 e. The summed E-state index contributed by atoms with van der Waals surface area (Å²) in [7, 11) is 1.66. The van der Waals surface area contributed by atoms with Crippen molar-refractivity contribution in [2.45, 2.75) is 26.8 Å². The molecule has 0 saturated heterocycles. The standard InChI is InChI=1S/C19H26N6O3S.HI/c1-5-28-18(27)15-12(2)24-17(29-15)13(3)25-19(20-4)23-10-9-22-16(26)14-7-6-8-21-11-14;/h6-8,11,13H,5,9-10H2,1-4H3,(H,22,26)(H2,20,23,25);1H. The first-order valence-electron chi connectivity index (χ1n) is 9.26. The number of guanidine groups is 1. The molecule has 9 nitrogen and oxygen atoms in total. The van der Waals surface area contributed by atoms with Crippen LogP contribution in [0.5, 0.6) is 0 Å². The Kier molecular flexibility index (Phi) is 11.3. The SMILES string of the molecule is CCOC(=O)c1sc(C(C)NC(=NC)NCCNC(=O)c2cccnc2)nc1C.I. The fraction of sp³-hybridized carbons (Fsp3) is 0.421. The average Bonchev–Trinajstić information content (AvgIpc) is 3.12. The number of aryl methyl sites for hydroxylation is 1. The first kappa shape index (κ1) is 25.8. The molecule has 0 fully saturated rings. The van der Waals surface area contributed by atoms with Crippen molar-refractivity contribution in [1.29, 1.82) is 0 Å². The molecule has 0 aromatic carbocycles. The van der Waals surface area contributed by atoms with Crippen LogP contribution in [0.25, 0.3) is 0 Å². The predicted molar refractivity (Wildman–Crippen MR) is 128 cm³/mol. The highest BCUT2D eigenvalue weighted by atomic mass is 127. The minimum absolute atomic E-state index is 0. The van der Waals surface area contributed by atoms with Gasteiger partial charge in [-0.2, -0.15) is 0 Å². The molecule has 164 valence electrons. The van der Waals surface area contributed by atoms with Crippen LogP contribution in [0, 0.1) is 6.92 Å². The van der Waals surface area contributed by atoms with Crippen molar-refractivity contribution in [3.05, 3.63) is 45.7 Å². The number of aromatic nitrogens is 2. The summed E-state index contributed by atoms with van der Waals surface area (Å²) in [5.74, 6) is 0.0347. The van der Waals surface area contributed by atoms with Crippen LogP contribution in [0.1, 0.15) is 50.6 Å². The number of carbonyl (C=O) groups excluding carboxylic acids is 2. The zero-order valence-electron chi connectivity index (χ0n) is 17.4. The van der Waals surface area contributed by atoms with E-state index in [0.29, 0.717) is 41.8 Å². The van der Waals surface area contributed by atoms with Crippen molar-refractivity contribution >= 4 is 53.1 Å². The molecule has 1 unspecified atom stereocenters. The molecule has 2 rings (SSSR count). The number of esters is 1. The monoisotopic (exact) mass is 546 g/mol. The molecule has 0 spiro atoms. The first-order valence-corrected chi connectivity index (χ1v) is 10.1. The van der Waals surface area contributed by atoms with Crippen LogP contribution >= 0.6 is 35.3 Å². The van der Waals surface area contributed by atoms with Gasteiger partial charge in [0, 0.05) is 32.5 Å². The normalized spacial score (nSPS) is 11.8. The Hall–Kier alpha value is -2.28. The van der Waals surface area contributed by atoms with Gasteiger partial charge in [0.15, 0.2) is 5.96 Å². The highest BCUT2D eigenvalue weighted by Crippen LogP contribution is 2.24. The minimum atomic E-state index is -0.354. The van der Waals surface area contributed by atoms with Crippen LogP contribution in [-0.4, -0.2) is 54.5 Å². The third-order valence-electron chi connectivity index (χ3n) is 3.85. The smallest absolute Gasteiger partial charge is 0.350 e. The number of amides is 1. The Bertz CT molecular complexity index is 859. The number of halogens is 1. The zero-order valence-corrected chi connectivity index (χ0v) is 20.5. The Balaban J connectivity index is 0.00000450. The van der Waals surface area contributed by atoms with Crippen LogP contribution in [0.15, 0.2) is 29.5 Å². The van der Waals surface area contributed by atoms with Crippen molar-refractivity contribution in [2.75, 3.05) is 26.7 Å². The average molecular weight is 546 g/mol. The molecule has 0 bridgehead atoms. The second-order valence-electron chi connectivity index (χ2n) is 6.05. The Morgan fingerprint density at radius 1 is 1.30 bits per heavy atom. The van der Waals surface area contributed by atoms with Crippen LogP contribution in [0.4, 0.5) is 0 Å². The molecule has 0 aliphatic heterocycles. The maximum Gasteiger partial charge on any atom is 0.350 e. The zero-order chi connectivity index (χ0) is 21.2. The summed E-state index contributed by atoms with van der Waals surface area (Å²) in [4.78, 5) is 37.0. The molecule has 1 atom stereocenters. The van der Waals surface area contributed by atoms with Crippen LogP contribution in [0.2, 0.25) is 0 Å². The molecule has 2 aromatic rings. The quantitative estimate of drug-likeness (QED) is 0.153. The van der Waals surface area contributed by atoms with E-state index >= 15 is 0 Å². The number of hydrogen-bond donors (Lipinski definition) is 3. The van der Waals surface area contributed by atoms with Crippen molar-refractivity contribution in [1.82, 2.24) is 25.9 Å². The second-order valence-corrected chi connectivity index (χ2v) is 7.08. The maximum absolute atomic E-state index is 12.0. The number of hydrogen-bond acceptors (Lipinski definition) is 7. The summed E-state index contributed by atoms with van der Waals surface area (Å²) >= 11 is 1.30. The topological polar surface area (TPSA) is 118 Å². The molecule has 30 heavy (non-hydrogen) atoms. The molecular formula is C19H27IN6O3S. The number of thiazole rings is 1. The first-order chi connectivity index (χ1) is 14.0.